The summed E-state index contributed by atoms with van der Waals surface area (Å²) in [6.07, 6.45) is 5.16. The second kappa shape index (κ2) is 9.48. The molecular formula is C24H34N4O4. The lowest BCUT2D eigenvalue weighted by Gasteiger charge is -2.41. The van der Waals surface area contributed by atoms with Crippen LogP contribution in [0.15, 0.2) is 28.8 Å². The number of aromatic nitrogens is 2. The number of methoxy groups -OCH3 is 1. The summed E-state index contributed by atoms with van der Waals surface area (Å²) in [7, 11) is 1.64. The Bertz CT molecular complexity index is 923. The van der Waals surface area contributed by atoms with Crippen molar-refractivity contribution in [2.45, 2.75) is 77.1 Å². The van der Waals surface area contributed by atoms with Crippen molar-refractivity contribution in [1.82, 2.24) is 19.9 Å². The van der Waals surface area contributed by atoms with Crippen LogP contribution in [0.3, 0.4) is 0 Å². The highest BCUT2D eigenvalue weighted by molar-refractivity contribution is 5.69. The zero-order chi connectivity index (χ0) is 22.7. The smallest absolute Gasteiger partial charge is 0.410 e. The maximum Gasteiger partial charge on any atom is 0.410 e. The van der Waals surface area contributed by atoms with Crippen LogP contribution in [0.1, 0.15) is 58.8 Å². The molecular weight excluding hydrogens is 408 g/mol. The van der Waals surface area contributed by atoms with Crippen LogP contribution < -0.4 is 4.74 Å². The SMILES string of the molecule is COc1cccc(-c2noc(CN3CCCC[C@H]3[C@@H]3CCCN3C(=O)OC(C)(C)C)n2)c1. The molecule has 2 saturated heterocycles. The molecule has 0 N–H and O–H groups in total. The molecule has 1 aromatic carbocycles. The van der Waals surface area contributed by atoms with Gasteiger partial charge < -0.3 is 18.9 Å². The lowest BCUT2D eigenvalue weighted by Crippen LogP contribution is -2.53. The van der Waals surface area contributed by atoms with E-state index in [1.54, 1.807) is 7.11 Å². The molecule has 4 rings (SSSR count). The molecule has 0 unspecified atom stereocenters. The van der Waals surface area contributed by atoms with Gasteiger partial charge in [0.05, 0.1) is 19.7 Å². The molecule has 8 nitrogen and oxygen atoms in total. The van der Waals surface area contributed by atoms with Crippen molar-refractivity contribution in [1.29, 1.82) is 0 Å². The van der Waals surface area contributed by atoms with Crippen LogP contribution in [0.5, 0.6) is 5.75 Å². The number of rotatable bonds is 5. The average Bonchev–Trinajstić information content (AvgIpc) is 3.43. The van der Waals surface area contributed by atoms with Gasteiger partial charge in [0, 0.05) is 18.2 Å². The molecule has 2 fully saturated rings. The van der Waals surface area contributed by atoms with E-state index < -0.39 is 5.60 Å². The molecule has 0 spiro atoms. The first-order valence-corrected chi connectivity index (χ1v) is 11.5. The Balaban J connectivity index is 1.47. The van der Waals surface area contributed by atoms with Crippen molar-refractivity contribution < 1.29 is 18.8 Å². The molecule has 2 aliphatic rings. The van der Waals surface area contributed by atoms with Crippen LogP contribution in [0.2, 0.25) is 0 Å². The lowest BCUT2D eigenvalue weighted by atomic mass is 9.94. The summed E-state index contributed by atoms with van der Waals surface area (Å²) in [4.78, 5) is 21.8. The van der Waals surface area contributed by atoms with Crippen LogP contribution >= 0.6 is 0 Å². The van der Waals surface area contributed by atoms with Crippen LogP contribution in [-0.4, -0.2) is 63.9 Å². The molecule has 3 heterocycles. The Morgan fingerprint density at radius 2 is 1.97 bits per heavy atom. The van der Waals surface area contributed by atoms with Gasteiger partial charge in [-0.25, -0.2) is 4.79 Å². The monoisotopic (exact) mass is 442 g/mol. The molecule has 0 aliphatic carbocycles. The minimum absolute atomic E-state index is 0.158. The Kier molecular flexibility index (Phi) is 6.69. The van der Waals surface area contributed by atoms with Crippen molar-refractivity contribution in [2.75, 3.05) is 20.2 Å². The fraction of sp³-hybridized carbons (Fsp3) is 0.625. The fourth-order valence-corrected chi connectivity index (χ4v) is 4.76. The Morgan fingerprint density at radius 3 is 2.75 bits per heavy atom. The predicted molar refractivity (Wildman–Crippen MR) is 120 cm³/mol. The van der Waals surface area contributed by atoms with Crippen molar-refractivity contribution in [3.8, 4) is 17.1 Å². The van der Waals surface area contributed by atoms with Gasteiger partial charge in [0.25, 0.3) is 0 Å². The number of hydrogen-bond acceptors (Lipinski definition) is 7. The van der Waals surface area contributed by atoms with Crippen molar-refractivity contribution in [3.63, 3.8) is 0 Å². The number of piperidine rings is 1. The first-order valence-electron chi connectivity index (χ1n) is 11.5. The molecule has 32 heavy (non-hydrogen) atoms. The van der Waals surface area contributed by atoms with Gasteiger partial charge in [0.1, 0.15) is 11.4 Å². The maximum atomic E-state index is 12.8. The zero-order valence-corrected chi connectivity index (χ0v) is 19.5. The van der Waals surface area contributed by atoms with Crippen LogP contribution in [0.4, 0.5) is 4.79 Å². The minimum atomic E-state index is -0.489. The summed E-state index contributed by atoms with van der Waals surface area (Å²) in [5, 5.41) is 4.18. The van der Waals surface area contributed by atoms with Gasteiger partial charge in [0.2, 0.25) is 11.7 Å². The third-order valence-corrected chi connectivity index (χ3v) is 6.17. The number of ether oxygens (including phenoxy) is 2. The second-order valence-corrected chi connectivity index (χ2v) is 9.66. The van der Waals surface area contributed by atoms with Gasteiger partial charge in [-0.1, -0.05) is 23.7 Å². The number of carbonyl (C=O) groups excluding carboxylic acids is 1. The van der Waals surface area contributed by atoms with Crippen LogP contribution in [-0.2, 0) is 11.3 Å². The van der Waals surface area contributed by atoms with E-state index in [1.165, 1.54) is 6.42 Å². The zero-order valence-electron chi connectivity index (χ0n) is 19.5. The van der Waals surface area contributed by atoms with Gasteiger partial charge in [0.15, 0.2) is 0 Å². The van der Waals surface area contributed by atoms with E-state index in [0.29, 0.717) is 18.3 Å². The standard InChI is InChI=1S/C24H34N4O4/c1-24(2,3)31-23(29)28-14-8-12-20(28)19-11-5-6-13-27(19)16-21-25-22(26-32-21)17-9-7-10-18(15-17)30-4/h7,9-10,15,19-20H,5-6,8,11-14,16H2,1-4H3/t19-,20-/m0/s1. The molecule has 2 aromatic rings. The molecule has 0 saturated carbocycles. The predicted octanol–water partition coefficient (Wildman–Crippen LogP) is 4.50. The summed E-state index contributed by atoms with van der Waals surface area (Å²) in [5.41, 5.74) is 0.373. The molecule has 0 bridgehead atoms. The normalized spacial score (nSPS) is 22.2. The van der Waals surface area contributed by atoms with Gasteiger partial charge in [-0.2, -0.15) is 4.98 Å². The topological polar surface area (TPSA) is 80.9 Å². The Morgan fingerprint density at radius 1 is 1.16 bits per heavy atom. The molecule has 8 heteroatoms. The molecule has 2 atom stereocenters. The third-order valence-electron chi connectivity index (χ3n) is 6.17. The van der Waals surface area contributed by atoms with Gasteiger partial charge in [-0.3, -0.25) is 4.90 Å². The van der Waals surface area contributed by atoms with Gasteiger partial charge in [-0.15, -0.1) is 0 Å². The van der Waals surface area contributed by atoms with Crippen LogP contribution in [0, 0.1) is 0 Å². The van der Waals surface area contributed by atoms with Gasteiger partial charge >= 0.3 is 6.09 Å². The highest BCUT2D eigenvalue weighted by atomic mass is 16.6. The summed E-state index contributed by atoms with van der Waals surface area (Å²) < 4.78 is 16.6. The number of benzene rings is 1. The van der Waals surface area contributed by atoms with E-state index in [9.17, 15) is 4.79 Å². The van der Waals surface area contributed by atoms with E-state index in [0.717, 1.165) is 50.1 Å². The molecule has 1 amide bonds. The van der Waals surface area contributed by atoms with E-state index in [1.807, 2.05) is 49.9 Å². The van der Waals surface area contributed by atoms with Crippen LogP contribution in [0.25, 0.3) is 11.4 Å². The first kappa shape index (κ1) is 22.6. The number of likely N-dealkylation sites (tertiary alicyclic amines) is 2. The highest BCUT2D eigenvalue weighted by Gasteiger charge is 2.40. The quantitative estimate of drug-likeness (QED) is 0.674. The summed E-state index contributed by atoms with van der Waals surface area (Å²) in [6.45, 7) is 8.04. The second-order valence-electron chi connectivity index (χ2n) is 9.66. The summed E-state index contributed by atoms with van der Waals surface area (Å²) in [5.74, 6) is 1.91. The molecule has 2 aliphatic heterocycles. The Labute approximate surface area is 189 Å². The highest BCUT2D eigenvalue weighted by Crippen LogP contribution is 2.31. The fourth-order valence-electron chi connectivity index (χ4n) is 4.76. The van der Waals surface area contributed by atoms with E-state index in [2.05, 4.69) is 15.0 Å². The van der Waals surface area contributed by atoms with Crippen molar-refractivity contribution in [2.24, 2.45) is 0 Å². The maximum absolute atomic E-state index is 12.8. The lowest BCUT2D eigenvalue weighted by molar-refractivity contribution is 0.00514. The molecule has 0 radical (unpaired) electrons. The number of amides is 1. The van der Waals surface area contributed by atoms with E-state index in [4.69, 9.17) is 14.0 Å². The summed E-state index contributed by atoms with van der Waals surface area (Å²) >= 11 is 0. The average molecular weight is 443 g/mol. The largest absolute Gasteiger partial charge is 0.497 e. The molecule has 174 valence electrons. The number of hydrogen-bond donors (Lipinski definition) is 0. The number of nitrogens with zero attached hydrogens (tertiary/aromatic N) is 4. The van der Waals surface area contributed by atoms with Crippen molar-refractivity contribution in [3.05, 3.63) is 30.2 Å². The van der Waals surface area contributed by atoms with E-state index >= 15 is 0 Å². The van der Waals surface area contributed by atoms with Gasteiger partial charge in [-0.05, 0) is 65.1 Å². The van der Waals surface area contributed by atoms with Crippen molar-refractivity contribution >= 4 is 6.09 Å². The molecule has 1 aromatic heterocycles. The summed E-state index contributed by atoms with van der Waals surface area (Å²) in [6, 6.07) is 8.07. The van der Waals surface area contributed by atoms with E-state index in [-0.39, 0.29) is 18.2 Å². The number of carbonyl (C=O) groups is 1. The first-order chi connectivity index (χ1) is 15.3. The third kappa shape index (κ3) is 5.23. The Hall–Kier alpha value is -2.61. The minimum Gasteiger partial charge on any atom is -0.497 e.